The summed E-state index contributed by atoms with van der Waals surface area (Å²) in [6.07, 6.45) is 3.68. The SMILES string of the molecule is NCc1cnn(Cc2ccc(Cl)c(Cl)c2)c1. The minimum atomic E-state index is 0.501. The van der Waals surface area contributed by atoms with Gasteiger partial charge in [-0.05, 0) is 17.7 Å². The number of nitrogens with two attached hydrogens (primary N) is 1. The van der Waals surface area contributed by atoms with Crippen LogP contribution in [0, 0.1) is 0 Å². The predicted molar refractivity (Wildman–Crippen MR) is 65.7 cm³/mol. The first-order chi connectivity index (χ1) is 7.69. The molecule has 2 rings (SSSR count). The summed E-state index contributed by atoms with van der Waals surface area (Å²) < 4.78 is 1.82. The number of aromatic nitrogens is 2. The predicted octanol–water partition coefficient (Wildman–Crippen LogP) is 2.70. The van der Waals surface area contributed by atoms with Crippen LogP contribution in [0.1, 0.15) is 11.1 Å². The first-order valence-corrected chi connectivity index (χ1v) is 5.60. The summed E-state index contributed by atoms with van der Waals surface area (Å²) in [5, 5.41) is 5.32. The van der Waals surface area contributed by atoms with Crippen molar-refractivity contribution in [3.05, 3.63) is 51.8 Å². The molecule has 1 aromatic carbocycles. The van der Waals surface area contributed by atoms with Crippen molar-refractivity contribution < 1.29 is 0 Å². The molecule has 0 aliphatic carbocycles. The van der Waals surface area contributed by atoms with Crippen LogP contribution in [0.3, 0.4) is 0 Å². The second-order valence-electron chi connectivity index (χ2n) is 3.50. The third-order valence-electron chi connectivity index (χ3n) is 2.25. The van der Waals surface area contributed by atoms with E-state index in [1.807, 2.05) is 23.0 Å². The Morgan fingerprint density at radius 2 is 2.00 bits per heavy atom. The highest BCUT2D eigenvalue weighted by Crippen LogP contribution is 2.22. The zero-order valence-electron chi connectivity index (χ0n) is 8.53. The Balaban J connectivity index is 2.17. The molecule has 0 fully saturated rings. The molecule has 5 heteroatoms. The maximum absolute atomic E-state index is 5.93. The van der Waals surface area contributed by atoms with E-state index in [1.165, 1.54) is 0 Å². The van der Waals surface area contributed by atoms with Crippen molar-refractivity contribution in [1.29, 1.82) is 0 Å². The average Bonchev–Trinajstić information content (AvgIpc) is 2.71. The van der Waals surface area contributed by atoms with E-state index in [0.29, 0.717) is 23.1 Å². The Morgan fingerprint density at radius 3 is 2.62 bits per heavy atom. The van der Waals surface area contributed by atoms with Crippen molar-refractivity contribution in [3.8, 4) is 0 Å². The lowest BCUT2D eigenvalue weighted by Crippen LogP contribution is -2.00. The first-order valence-electron chi connectivity index (χ1n) is 4.84. The Labute approximate surface area is 104 Å². The summed E-state index contributed by atoms with van der Waals surface area (Å²) in [5.41, 5.74) is 7.58. The Bertz CT molecular complexity index is 494. The first kappa shape index (κ1) is 11.5. The van der Waals surface area contributed by atoms with Gasteiger partial charge in [0, 0.05) is 18.3 Å². The van der Waals surface area contributed by atoms with Crippen LogP contribution in [-0.2, 0) is 13.1 Å². The highest BCUT2D eigenvalue weighted by Gasteiger charge is 2.01. The molecule has 2 N–H and O–H groups in total. The molecule has 0 saturated heterocycles. The Kier molecular flexibility index (Phi) is 3.49. The van der Waals surface area contributed by atoms with Crippen molar-refractivity contribution in [2.24, 2.45) is 5.73 Å². The average molecular weight is 256 g/mol. The van der Waals surface area contributed by atoms with Gasteiger partial charge in [0.15, 0.2) is 0 Å². The molecule has 16 heavy (non-hydrogen) atoms. The lowest BCUT2D eigenvalue weighted by molar-refractivity contribution is 0.686. The van der Waals surface area contributed by atoms with Gasteiger partial charge in [-0.2, -0.15) is 5.10 Å². The number of hydrogen-bond acceptors (Lipinski definition) is 2. The highest BCUT2D eigenvalue weighted by atomic mass is 35.5. The molecule has 0 aliphatic heterocycles. The maximum Gasteiger partial charge on any atom is 0.0660 e. The lowest BCUT2D eigenvalue weighted by atomic mass is 10.2. The maximum atomic E-state index is 5.93. The third-order valence-corrected chi connectivity index (χ3v) is 2.99. The van der Waals surface area contributed by atoms with E-state index in [4.69, 9.17) is 28.9 Å². The van der Waals surface area contributed by atoms with Crippen molar-refractivity contribution >= 4 is 23.2 Å². The smallest absolute Gasteiger partial charge is 0.0660 e. The largest absolute Gasteiger partial charge is 0.326 e. The zero-order valence-corrected chi connectivity index (χ0v) is 10.0. The fourth-order valence-electron chi connectivity index (χ4n) is 1.42. The molecule has 3 nitrogen and oxygen atoms in total. The molecule has 0 saturated carbocycles. The van der Waals surface area contributed by atoms with Gasteiger partial charge in [-0.15, -0.1) is 0 Å². The molecule has 1 aromatic heterocycles. The van der Waals surface area contributed by atoms with Gasteiger partial charge in [0.1, 0.15) is 0 Å². The number of rotatable bonds is 3. The number of benzene rings is 1. The van der Waals surface area contributed by atoms with Crippen LogP contribution in [-0.4, -0.2) is 9.78 Å². The molecule has 0 aliphatic rings. The van der Waals surface area contributed by atoms with Crippen LogP contribution in [0.4, 0.5) is 0 Å². The second kappa shape index (κ2) is 4.87. The van der Waals surface area contributed by atoms with Gasteiger partial charge in [0.25, 0.3) is 0 Å². The number of nitrogens with zero attached hydrogens (tertiary/aromatic N) is 2. The van der Waals surface area contributed by atoms with E-state index in [9.17, 15) is 0 Å². The summed E-state index contributed by atoms with van der Waals surface area (Å²) in [7, 11) is 0. The molecule has 0 spiro atoms. The van der Waals surface area contributed by atoms with Crippen LogP contribution in [0.15, 0.2) is 30.6 Å². The Hall–Kier alpha value is -1.03. The van der Waals surface area contributed by atoms with Crippen LogP contribution >= 0.6 is 23.2 Å². The van der Waals surface area contributed by atoms with E-state index in [2.05, 4.69) is 5.10 Å². The van der Waals surface area contributed by atoms with E-state index < -0.39 is 0 Å². The molecular weight excluding hydrogens is 245 g/mol. The third kappa shape index (κ3) is 2.55. The molecule has 84 valence electrons. The highest BCUT2D eigenvalue weighted by molar-refractivity contribution is 6.42. The van der Waals surface area contributed by atoms with Gasteiger partial charge in [-0.3, -0.25) is 4.68 Å². The summed E-state index contributed by atoms with van der Waals surface area (Å²) in [4.78, 5) is 0. The molecular formula is C11H11Cl2N3. The fraction of sp³-hybridized carbons (Fsp3) is 0.182. The topological polar surface area (TPSA) is 43.8 Å². The van der Waals surface area contributed by atoms with E-state index in [-0.39, 0.29) is 0 Å². The number of halogens is 2. The summed E-state index contributed by atoms with van der Waals surface area (Å²) in [6, 6.07) is 5.55. The van der Waals surface area contributed by atoms with Crippen molar-refractivity contribution in [2.45, 2.75) is 13.1 Å². The Morgan fingerprint density at radius 1 is 1.19 bits per heavy atom. The van der Waals surface area contributed by atoms with E-state index in [1.54, 1.807) is 12.3 Å². The molecule has 2 aromatic rings. The van der Waals surface area contributed by atoms with Crippen molar-refractivity contribution in [2.75, 3.05) is 0 Å². The van der Waals surface area contributed by atoms with E-state index >= 15 is 0 Å². The normalized spacial score (nSPS) is 10.7. The van der Waals surface area contributed by atoms with Crippen LogP contribution in [0.5, 0.6) is 0 Å². The monoisotopic (exact) mass is 255 g/mol. The van der Waals surface area contributed by atoms with Gasteiger partial charge in [-0.1, -0.05) is 29.3 Å². The second-order valence-corrected chi connectivity index (χ2v) is 4.31. The van der Waals surface area contributed by atoms with Crippen LogP contribution < -0.4 is 5.73 Å². The molecule has 0 atom stereocenters. The van der Waals surface area contributed by atoms with E-state index in [0.717, 1.165) is 11.1 Å². The van der Waals surface area contributed by atoms with Gasteiger partial charge in [-0.25, -0.2) is 0 Å². The molecule has 1 heterocycles. The summed E-state index contributed by atoms with van der Waals surface area (Å²) in [6.45, 7) is 1.16. The summed E-state index contributed by atoms with van der Waals surface area (Å²) in [5.74, 6) is 0. The van der Waals surface area contributed by atoms with Gasteiger partial charge in [0.05, 0.1) is 22.8 Å². The van der Waals surface area contributed by atoms with Gasteiger partial charge < -0.3 is 5.73 Å². The molecule has 0 bridgehead atoms. The zero-order chi connectivity index (χ0) is 11.5. The lowest BCUT2D eigenvalue weighted by Gasteiger charge is -2.03. The quantitative estimate of drug-likeness (QED) is 0.917. The van der Waals surface area contributed by atoms with Crippen LogP contribution in [0.2, 0.25) is 10.0 Å². The minimum absolute atomic E-state index is 0.501. The van der Waals surface area contributed by atoms with Crippen molar-refractivity contribution in [3.63, 3.8) is 0 Å². The fourth-order valence-corrected chi connectivity index (χ4v) is 1.74. The minimum Gasteiger partial charge on any atom is -0.326 e. The van der Waals surface area contributed by atoms with Gasteiger partial charge in [0.2, 0.25) is 0 Å². The van der Waals surface area contributed by atoms with Gasteiger partial charge >= 0.3 is 0 Å². The molecule has 0 radical (unpaired) electrons. The summed E-state index contributed by atoms with van der Waals surface area (Å²) >= 11 is 11.8. The molecule has 0 unspecified atom stereocenters. The number of hydrogen-bond donors (Lipinski definition) is 1. The van der Waals surface area contributed by atoms with Crippen LogP contribution in [0.25, 0.3) is 0 Å². The standard InChI is InChI=1S/C11H11Cl2N3/c12-10-2-1-8(3-11(10)13)6-16-7-9(4-14)5-15-16/h1-3,5,7H,4,6,14H2. The van der Waals surface area contributed by atoms with Crippen molar-refractivity contribution in [1.82, 2.24) is 9.78 Å². The molecule has 0 amide bonds.